The maximum Gasteiger partial charge on any atom is 0.234 e. The van der Waals surface area contributed by atoms with Crippen molar-refractivity contribution in [2.24, 2.45) is 5.92 Å². The molecule has 2 atom stereocenters. The van der Waals surface area contributed by atoms with Gasteiger partial charge in [-0.2, -0.15) is 0 Å². The lowest BCUT2D eigenvalue weighted by molar-refractivity contribution is -0.123. The predicted molar refractivity (Wildman–Crippen MR) is 107 cm³/mol. The minimum absolute atomic E-state index is 0.121. The Kier molecular flexibility index (Phi) is 7.53. The van der Waals surface area contributed by atoms with Crippen molar-refractivity contribution >= 4 is 5.91 Å². The summed E-state index contributed by atoms with van der Waals surface area (Å²) in [5, 5.41) is 3.29. The molecule has 1 aliphatic heterocycles. The van der Waals surface area contributed by atoms with Crippen LogP contribution in [0.3, 0.4) is 0 Å². The van der Waals surface area contributed by atoms with E-state index >= 15 is 0 Å². The van der Waals surface area contributed by atoms with Crippen LogP contribution in [-0.4, -0.2) is 50.3 Å². The molecular formula is C22H34N2O3. The van der Waals surface area contributed by atoms with Gasteiger partial charge >= 0.3 is 0 Å². The quantitative estimate of drug-likeness (QED) is 0.718. The molecule has 1 aromatic carbocycles. The molecule has 5 nitrogen and oxygen atoms in total. The van der Waals surface area contributed by atoms with Crippen LogP contribution >= 0.6 is 0 Å². The molecule has 1 aromatic rings. The lowest BCUT2D eigenvalue weighted by Crippen LogP contribution is -2.40. The van der Waals surface area contributed by atoms with Gasteiger partial charge in [0.1, 0.15) is 5.75 Å². The molecule has 5 heteroatoms. The van der Waals surface area contributed by atoms with Gasteiger partial charge in [-0.25, -0.2) is 0 Å². The number of hydrogen-bond acceptors (Lipinski definition) is 4. The van der Waals surface area contributed by atoms with Gasteiger partial charge in [-0.3, -0.25) is 9.69 Å². The van der Waals surface area contributed by atoms with Gasteiger partial charge in [0.2, 0.25) is 5.91 Å². The van der Waals surface area contributed by atoms with Crippen molar-refractivity contribution in [2.75, 3.05) is 33.4 Å². The lowest BCUT2D eigenvalue weighted by Gasteiger charge is -2.23. The molecular weight excluding hydrogens is 340 g/mol. The van der Waals surface area contributed by atoms with Gasteiger partial charge in [0.25, 0.3) is 0 Å². The number of benzene rings is 1. The van der Waals surface area contributed by atoms with Gasteiger partial charge in [-0.1, -0.05) is 19.1 Å². The number of rotatable bonds is 9. The van der Waals surface area contributed by atoms with E-state index in [0.717, 1.165) is 51.1 Å². The SMILES string of the molecule is CCCOC1CCCN(CC(=O)NC(c2ccc(OC)cc2)C2CC2)CC1. The topological polar surface area (TPSA) is 50.8 Å². The molecule has 2 fully saturated rings. The first-order valence-corrected chi connectivity index (χ1v) is 10.5. The molecule has 0 radical (unpaired) electrons. The van der Waals surface area contributed by atoms with E-state index in [1.807, 2.05) is 12.1 Å². The first kappa shape index (κ1) is 20.2. The van der Waals surface area contributed by atoms with Crippen molar-refractivity contribution in [2.45, 2.75) is 57.6 Å². The van der Waals surface area contributed by atoms with E-state index in [-0.39, 0.29) is 11.9 Å². The lowest BCUT2D eigenvalue weighted by atomic mass is 10.0. The number of carbonyl (C=O) groups is 1. The molecule has 1 aliphatic carbocycles. The normalized spacial score (nSPS) is 22.1. The second-order valence-corrected chi connectivity index (χ2v) is 7.86. The third-order valence-corrected chi connectivity index (χ3v) is 5.58. The molecule has 1 saturated heterocycles. The number of methoxy groups -OCH3 is 1. The summed E-state index contributed by atoms with van der Waals surface area (Å²) in [4.78, 5) is 15.0. The van der Waals surface area contributed by atoms with E-state index in [1.54, 1.807) is 7.11 Å². The highest BCUT2D eigenvalue weighted by molar-refractivity contribution is 5.78. The van der Waals surface area contributed by atoms with Gasteiger partial charge < -0.3 is 14.8 Å². The minimum atomic E-state index is 0.121. The second kappa shape index (κ2) is 10.1. The van der Waals surface area contributed by atoms with Gasteiger partial charge in [0.05, 0.1) is 25.8 Å². The van der Waals surface area contributed by atoms with Crippen LogP contribution in [0.2, 0.25) is 0 Å². The zero-order valence-corrected chi connectivity index (χ0v) is 16.8. The minimum Gasteiger partial charge on any atom is -0.497 e. The van der Waals surface area contributed by atoms with Crippen molar-refractivity contribution in [1.82, 2.24) is 10.2 Å². The van der Waals surface area contributed by atoms with Gasteiger partial charge in [-0.15, -0.1) is 0 Å². The average Bonchev–Trinajstić information content (AvgIpc) is 3.53. The maximum absolute atomic E-state index is 12.7. The van der Waals surface area contributed by atoms with Crippen LogP contribution in [0, 0.1) is 5.92 Å². The van der Waals surface area contributed by atoms with Gasteiger partial charge in [0.15, 0.2) is 0 Å². The van der Waals surface area contributed by atoms with E-state index < -0.39 is 0 Å². The average molecular weight is 375 g/mol. The zero-order chi connectivity index (χ0) is 19.1. The molecule has 3 rings (SSSR count). The molecule has 1 saturated carbocycles. The third kappa shape index (κ3) is 6.22. The van der Waals surface area contributed by atoms with E-state index in [2.05, 4.69) is 29.3 Å². The van der Waals surface area contributed by atoms with Crippen LogP contribution in [0.1, 0.15) is 57.1 Å². The fourth-order valence-corrected chi connectivity index (χ4v) is 3.87. The molecule has 1 heterocycles. The second-order valence-electron chi connectivity index (χ2n) is 7.86. The summed E-state index contributed by atoms with van der Waals surface area (Å²) in [5.74, 6) is 1.55. The molecule has 0 bridgehead atoms. The van der Waals surface area contributed by atoms with Crippen molar-refractivity contribution in [3.63, 3.8) is 0 Å². The largest absolute Gasteiger partial charge is 0.497 e. The summed E-state index contributed by atoms with van der Waals surface area (Å²) in [6, 6.07) is 8.22. The van der Waals surface area contributed by atoms with Crippen LogP contribution in [-0.2, 0) is 9.53 Å². The van der Waals surface area contributed by atoms with Crippen molar-refractivity contribution in [1.29, 1.82) is 0 Å². The smallest absolute Gasteiger partial charge is 0.234 e. The molecule has 1 amide bonds. The number of likely N-dealkylation sites (tertiary alicyclic amines) is 1. The van der Waals surface area contributed by atoms with Crippen molar-refractivity contribution in [3.05, 3.63) is 29.8 Å². The highest BCUT2D eigenvalue weighted by Crippen LogP contribution is 2.41. The highest BCUT2D eigenvalue weighted by atomic mass is 16.5. The summed E-state index contributed by atoms with van der Waals surface area (Å²) >= 11 is 0. The number of ether oxygens (including phenoxy) is 2. The first-order valence-electron chi connectivity index (χ1n) is 10.5. The maximum atomic E-state index is 12.7. The summed E-state index contributed by atoms with van der Waals surface area (Å²) in [6.07, 6.45) is 7.04. The van der Waals surface area contributed by atoms with Crippen LogP contribution in [0.5, 0.6) is 5.75 Å². The standard InChI is InChI=1S/C22H34N2O3/c1-3-15-27-20-5-4-13-24(14-12-20)16-21(25)23-22(17-6-7-17)18-8-10-19(26-2)11-9-18/h8-11,17,20,22H,3-7,12-16H2,1-2H3,(H,23,25). The van der Waals surface area contributed by atoms with Crippen LogP contribution < -0.4 is 10.1 Å². The summed E-state index contributed by atoms with van der Waals surface area (Å²) in [7, 11) is 1.67. The Balaban J connectivity index is 1.50. The summed E-state index contributed by atoms with van der Waals surface area (Å²) < 4.78 is 11.2. The van der Waals surface area contributed by atoms with Gasteiger partial charge in [-0.05, 0) is 68.7 Å². The van der Waals surface area contributed by atoms with Crippen molar-refractivity contribution < 1.29 is 14.3 Å². The van der Waals surface area contributed by atoms with Crippen molar-refractivity contribution in [3.8, 4) is 5.75 Å². The van der Waals surface area contributed by atoms with E-state index in [4.69, 9.17) is 9.47 Å². The predicted octanol–water partition coefficient (Wildman–Crippen LogP) is 3.54. The van der Waals surface area contributed by atoms with Crippen LogP contribution in [0.25, 0.3) is 0 Å². The third-order valence-electron chi connectivity index (χ3n) is 5.58. The highest BCUT2D eigenvalue weighted by Gasteiger charge is 2.33. The molecule has 27 heavy (non-hydrogen) atoms. The molecule has 0 aromatic heterocycles. The number of amides is 1. The Bertz CT molecular complexity index is 586. The number of hydrogen-bond donors (Lipinski definition) is 1. The Labute approximate surface area is 163 Å². The summed E-state index contributed by atoms with van der Waals surface area (Å²) in [5.41, 5.74) is 1.18. The molecule has 2 aliphatic rings. The Morgan fingerprint density at radius 2 is 1.96 bits per heavy atom. The monoisotopic (exact) mass is 374 g/mol. The molecule has 1 N–H and O–H groups in total. The number of nitrogens with zero attached hydrogens (tertiary/aromatic N) is 1. The Hall–Kier alpha value is -1.59. The first-order chi connectivity index (χ1) is 13.2. The zero-order valence-electron chi connectivity index (χ0n) is 16.8. The fraction of sp³-hybridized carbons (Fsp3) is 0.682. The summed E-state index contributed by atoms with van der Waals surface area (Å²) in [6.45, 7) is 5.40. The fourth-order valence-electron chi connectivity index (χ4n) is 3.87. The molecule has 150 valence electrons. The number of carbonyl (C=O) groups excluding carboxylic acids is 1. The van der Waals surface area contributed by atoms with E-state index in [9.17, 15) is 4.79 Å². The Morgan fingerprint density at radius 3 is 2.63 bits per heavy atom. The molecule has 2 unspecified atom stereocenters. The Morgan fingerprint density at radius 1 is 1.19 bits per heavy atom. The van der Waals surface area contributed by atoms with Crippen LogP contribution in [0.15, 0.2) is 24.3 Å². The van der Waals surface area contributed by atoms with E-state index in [1.165, 1.54) is 18.4 Å². The number of nitrogens with one attached hydrogen (secondary N) is 1. The molecule has 0 spiro atoms. The van der Waals surface area contributed by atoms with E-state index in [0.29, 0.717) is 18.6 Å². The van der Waals surface area contributed by atoms with Crippen LogP contribution in [0.4, 0.5) is 0 Å². The van der Waals surface area contributed by atoms with Gasteiger partial charge in [0, 0.05) is 13.2 Å².